The Morgan fingerprint density at radius 2 is 2.05 bits per heavy atom. The van der Waals surface area contributed by atoms with Gasteiger partial charge in [0.05, 0.1) is 12.1 Å². The average Bonchev–Trinajstić information content (AvgIpc) is 2.53. The van der Waals surface area contributed by atoms with E-state index in [0.717, 1.165) is 10.6 Å². The van der Waals surface area contributed by atoms with Crippen LogP contribution in [0.2, 0.25) is 0 Å². The number of carbonyl (C=O) groups is 1. The molecule has 0 aliphatic rings. The molecule has 4 heteroatoms. The molecular weight excluding hydrogens is 280 g/mol. The third kappa shape index (κ3) is 4.12. The molecule has 106 valence electrons. The van der Waals surface area contributed by atoms with Gasteiger partial charge in [-0.1, -0.05) is 30.0 Å². The van der Waals surface area contributed by atoms with Gasteiger partial charge in [0, 0.05) is 16.1 Å². The van der Waals surface area contributed by atoms with Gasteiger partial charge in [-0.25, -0.2) is 0 Å². The van der Waals surface area contributed by atoms with Gasteiger partial charge in [0.15, 0.2) is 0 Å². The molecule has 1 amide bonds. The zero-order chi connectivity index (χ0) is 15.1. The first kappa shape index (κ1) is 15.2. The molecular formula is C17H16N2OS. The van der Waals surface area contributed by atoms with Crippen LogP contribution in [0, 0.1) is 11.8 Å². The molecule has 0 aliphatic heterocycles. The number of amides is 1. The van der Waals surface area contributed by atoms with E-state index in [0.29, 0.717) is 11.1 Å². The molecule has 0 aromatic heterocycles. The average molecular weight is 296 g/mol. The van der Waals surface area contributed by atoms with Crippen LogP contribution in [0.3, 0.4) is 0 Å². The van der Waals surface area contributed by atoms with Crippen LogP contribution in [0.4, 0.5) is 5.69 Å². The standard InChI is InChI=1S/C17H16N2OS/c1-21-15-9-4-8-14(12-15)19-17(20)16-10-3-2-6-13(16)7-5-11-18/h2-4,6,8-10,12H,11,18H2,1H3,(H,19,20). The topological polar surface area (TPSA) is 55.1 Å². The van der Waals surface area contributed by atoms with Gasteiger partial charge in [0.1, 0.15) is 0 Å². The lowest BCUT2D eigenvalue weighted by molar-refractivity contribution is 0.102. The summed E-state index contributed by atoms with van der Waals surface area (Å²) >= 11 is 1.63. The first-order valence-electron chi connectivity index (χ1n) is 6.48. The van der Waals surface area contributed by atoms with Crippen molar-refractivity contribution in [3.05, 3.63) is 59.7 Å². The van der Waals surface area contributed by atoms with Crippen LogP contribution < -0.4 is 11.1 Å². The van der Waals surface area contributed by atoms with Gasteiger partial charge in [0.25, 0.3) is 5.91 Å². The Morgan fingerprint density at radius 1 is 1.24 bits per heavy atom. The fourth-order valence-electron chi connectivity index (χ4n) is 1.84. The van der Waals surface area contributed by atoms with Crippen molar-refractivity contribution in [1.29, 1.82) is 0 Å². The Bertz CT molecular complexity index is 701. The number of hydrogen-bond acceptors (Lipinski definition) is 3. The number of nitrogens with one attached hydrogen (secondary N) is 1. The molecule has 0 atom stereocenters. The van der Waals surface area contributed by atoms with Gasteiger partial charge in [-0.2, -0.15) is 0 Å². The zero-order valence-corrected chi connectivity index (χ0v) is 12.5. The van der Waals surface area contributed by atoms with Crippen molar-refractivity contribution in [2.24, 2.45) is 5.73 Å². The van der Waals surface area contributed by atoms with E-state index in [9.17, 15) is 4.79 Å². The van der Waals surface area contributed by atoms with Crippen LogP contribution in [-0.2, 0) is 0 Å². The van der Waals surface area contributed by atoms with Gasteiger partial charge in [-0.3, -0.25) is 4.79 Å². The van der Waals surface area contributed by atoms with E-state index in [-0.39, 0.29) is 12.5 Å². The maximum Gasteiger partial charge on any atom is 0.256 e. The molecule has 0 fully saturated rings. The van der Waals surface area contributed by atoms with E-state index in [2.05, 4.69) is 17.2 Å². The predicted octanol–water partition coefficient (Wildman–Crippen LogP) is 2.97. The highest BCUT2D eigenvalue weighted by Gasteiger charge is 2.10. The largest absolute Gasteiger partial charge is 0.322 e. The third-order valence-corrected chi connectivity index (χ3v) is 3.55. The zero-order valence-electron chi connectivity index (χ0n) is 11.7. The minimum atomic E-state index is -0.171. The maximum absolute atomic E-state index is 12.4. The smallest absolute Gasteiger partial charge is 0.256 e. The molecule has 0 unspecified atom stereocenters. The normalized spacial score (nSPS) is 9.62. The summed E-state index contributed by atoms with van der Waals surface area (Å²) in [6.45, 7) is 0.270. The Labute approximate surface area is 128 Å². The van der Waals surface area contributed by atoms with E-state index in [1.807, 2.05) is 48.7 Å². The molecule has 21 heavy (non-hydrogen) atoms. The molecule has 0 saturated carbocycles. The van der Waals surface area contributed by atoms with Crippen molar-refractivity contribution in [2.45, 2.75) is 4.90 Å². The summed E-state index contributed by atoms with van der Waals surface area (Å²) in [6, 6.07) is 15.0. The monoisotopic (exact) mass is 296 g/mol. The second-order valence-corrected chi connectivity index (χ2v) is 5.12. The molecule has 0 heterocycles. The van der Waals surface area contributed by atoms with Gasteiger partial charge < -0.3 is 11.1 Å². The molecule has 0 spiro atoms. The molecule has 2 aromatic carbocycles. The summed E-state index contributed by atoms with van der Waals surface area (Å²) in [7, 11) is 0. The minimum absolute atomic E-state index is 0.171. The first-order valence-corrected chi connectivity index (χ1v) is 7.70. The number of carbonyl (C=O) groups excluding carboxylic acids is 1. The Balaban J connectivity index is 2.24. The van der Waals surface area contributed by atoms with Crippen molar-refractivity contribution >= 4 is 23.4 Å². The molecule has 0 radical (unpaired) electrons. The summed E-state index contributed by atoms with van der Waals surface area (Å²) < 4.78 is 0. The van der Waals surface area contributed by atoms with Crippen molar-refractivity contribution in [2.75, 3.05) is 18.1 Å². The quantitative estimate of drug-likeness (QED) is 0.676. The van der Waals surface area contributed by atoms with Crippen LogP contribution >= 0.6 is 11.8 Å². The number of hydrogen-bond donors (Lipinski definition) is 2. The Morgan fingerprint density at radius 3 is 2.81 bits per heavy atom. The van der Waals surface area contributed by atoms with E-state index in [1.165, 1.54) is 0 Å². The van der Waals surface area contributed by atoms with Crippen LogP contribution in [-0.4, -0.2) is 18.7 Å². The lowest BCUT2D eigenvalue weighted by atomic mass is 10.1. The molecule has 2 rings (SSSR count). The third-order valence-electron chi connectivity index (χ3n) is 2.82. The molecule has 3 N–H and O–H groups in total. The van der Waals surface area contributed by atoms with Crippen LogP contribution in [0.5, 0.6) is 0 Å². The summed E-state index contributed by atoms with van der Waals surface area (Å²) in [5.41, 5.74) is 7.38. The lowest BCUT2D eigenvalue weighted by Crippen LogP contribution is -2.13. The van der Waals surface area contributed by atoms with E-state index < -0.39 is 0 Å². The van der Waals surface area contributed by atoms with Crippen molar-refractivity contribution in [3.8, 4) is 11.8 Å². The molecule has 3 nitrogen and oxygen atoms in total. The lowest BCUT2D eigenvalue weighted by Gasteiger charge is -2.08. The summed E-state index contributed by atoms with van der Waals surface area (Å²) in [5, 5.41) is 2.90. The molecule has 0 saturated heterocycles. The number of nitrogens with two attached hydrogens (primary N) is 1. The predicted molar refractivity (Wildman–Crippen MR) is 88.6 cm³/mol. The first-order chi connectivity index (χ1) is 10.2. The molecule has 0 aliphatic carbocycles. The maximum atomic E-state index is 12.4. The van der Waals surface area contributed by atoms with Crippen LogP contribution in [0.25, 0.3) is 0 Å². The highest BCUT2D eigenvalue weighted by Crippen LogP contribution is 2.20. The highest BCUT2D eigenvalue weighted by atomic mass is 32.2. The van der Waals surface area contributed by atoms with Gasteiger partial charge in [-0.15, -0.1) is 11.8 Å². The second-order valence-electron chi connectivity index (χ2n) is 4.24. The number of anilines is 1. The molecule has 0 bridgehead atoms. The van der Waals surface area contributed by atoms with Crippen LogP contribution in [0.15, 0.2) is 53.4 Å². The van der Waals surface area contributed by atoms with Crippen molar-refractivity contribution in [1.82, 2.24) is 0 Å². The fourth-order valence-corrected chi connectivity index (χ4v) is 2.30. The number of rotatable bonds is 3. The molecule has 2 aromatic rings. The fraction of sp³-hybridized carbons (Fsp3) is 0.118. The minimum Gasteiger partial charge on any atom is -0.322 e. The number of benzene rings is 2. The van der Waals surface area contributed by atoms with E-state index >= 15 is 0 Å². The van der Waals surface area contributed by atoms with Gasteiger partial charge >= 0.3 is 0 Å². The van der Waals surface area contributed by atoms with Gasteiger partial charge in [-0.05, 0) is 36.6 Å². The van der Waals surface area contributed by atoms with E-state index in [4.69, 9.17) is 5.73 Å². The summed E-state index contributed by atoms with van der Waals surface area (Å²) in [6.07, 6.45) is 2.00. The summed E-state index contributed by atoms with van der Waals surface area (Å²) in [5.74, 6) is 5.53. The van der Waals surface area contributed by atoms with E-state index in [1.54, 1.807) is 17.8 Å². The van der Waals surface area contributed by atoms with Crippen molar-refractivity contribution < 1.29 is 4.79 Å². The second kappa shape index (κ2) is 7.53. The Kier molecular flexibility index (Phi) is 5.44. The summed E-state index contributed by atoms with van der Waals surface area (Å²) in [4.78, 5) is 13.5. The van der Waals surface area contributed by atoms with Gasteiger partial charge in [0.2, 0.25) is 0 Å². The Hall–Kier alpha value is -2.22. The highest BCUT2D eigenvalue weighted by molar-refractivity contribution is 7.98. The van der Waals surface area contributed by atoms with Crippen molar-refractivity contribution in [3.63, 3.8) is 0 Å². The van der Waals surface area contributed by atoms with Crippen LogP contribution in [0.1, 0.15) is 15.9 Å². The number of thioether (sulfide) groups is 1. The SMILES string of the molecule is CSc1cccc(NC(=O)c2ccccc2C#CCN)c1.